The maximum atomic E-state index is 4.11. The van der Waals surface area contributed by atoms with Gasteiger partial charge in [0.05, 0.1) is 0 Å². The molecule has 1 nitrogen and oxygen atoms in total. The Morgan fingerprint density at radius 2 is 2.12 bits per heavy atom. The number of hydrogen-bond acceptors (Lipinski definition) is 1. The Balaban J connectivity index is 0.000000222. The fraction of sp³-hybridized carbons (Fsp3) is 0.857. The summed E-state index contributed by atoms with van der Waals surface area (Å²) in [5, 5.41) is 0. The van der Waals surface area contributed by atoms with Gasteiger partial charge in [-0.05, 0) is 26.0 Å². The van der Waals surface area contributed by atoms with Gasteiger partial charge in [-0.15, -0.1) is 0 Å². The van der Waals surface area contributed by atoms with Gasteiger partial charge in [0.25, 0.3) is 0 Å². The SMILES string of the molecule is CC.CC1CCC=N1. The largest absolute Gasteiger partial charge is 0.294 e. The Morgan fingerprint density at radius 1 is 1.50 bits per heavy atom. The second-order valence-corrected chi connectivity index (χ2v) is 1.76. The van der Waals surface area contributed by atoms with E-state index in [2.05, 4.69) is 11.9 Å². The summed E-state index contributed by atoms with van der Waals surface area (Å²) < 4.78 is 0. The molecule has 1 rings (SSSR count). The second-order valence-electron chi connectivity index (χ2n) is 1.76. The molecule has 0 N–H and O–H groups in total. The van der Waals surface area contributed by atoms with Crippen LogP contribution in [0.1, 0.15) is 33.6 Å². The van der Waals surface area contributed by atoms with Crippen molar-refractivity contribution in [1.82, 2.24) is 0 Å². The predicted molar refractivity (Wildman–Crippen MR) is 38.5 cm³/mol. The van der Waals surface area contributed by atoms with E-state index in [9.17, 15) is 0 Å². The summed E-state index contributed by atoms with van der Waals surface area (Å²) >= 11 is 0. The highest BCUT2D eigenvalue weighted by atomic mass is 14.8. The van der Waals surface area contributed by atoms with Crippen LogP contribution in [0.3, 0.4) is 0 Å². The van der Waals surface area contributed by atoms with E-state index in [1.165, 1.54) is 12.8 Å². The van der Waals surface area contributed by atoms with Crippen molar-refractivity contribution in [1.29, 1.82) is 0 Å². The van der Waals surface area contributed by atoms with Crippen LogP contribution in [-0.4, -0.2) is 12.3 Å². The van der Waals surface area contributed by atoms with E-state index in [1.54, 1.807) is 0 Å². The van der Waals surface area contributed by atoms with Crippen molar-refractivity contribution in [2.45, 2.75) is 39.7 Å². The van der Waals surface area contributed by atoms with Gasteiger partial charge in [0, 0.05) is 6.04 Å². The van der Waals surface area contributed by atoms with E-state index in [4.69, 9.17) is 0 Å². The highest BCUT2D eigenvalue weighted by Gasteiger charge is 2.00. The van der Waals surface area contributed by atoms with E-state index >= 15 is 0 Å². The lowest BCUT2D eigenvalue weighted by Crippen LogP contribution is -1.86. The number of nitrogens with zero attached hydrogens (tertiary/aromatic N) is 1. The molecular weight excluding hydrogens is 98.1 g/mol. The molecule has 0 aromatic heterocycles. The fourth-order valence-electron chi connectivity index (χ4n) is 0.645. The minimum absolute atomic E-state index is 0.616. The number of aliphatic imine (C=N–C) groups is 1. The van der Waals surface area contributed by atoms with Gasteiger partial charge < -0.3 is 0 Å². The zero-order valence-corrected chi connectivity index (χ0v) is 6.02. The summed E-state index contributed by atoms with van der Waals surface area (Å²) in [6.45, 7) is 6.14. The van der Waals surface area contributed by atoms with Gasteiger partial charge in [-0.1, -0.05) is 13.8 Å². The predicted octanol–water partition coefficient (Wildman–Crippen LogP) is 2.27. The molecule has 1 aliphatic heterocycles. The average Bonchev–Trinajstić information content (AvgIpc) is 2.24. The molecule has 1 atom stereocenters. The van der Waals surface area contributed by atoms with Crippen LogP contribution >= 0.6 is 0 Å². The summed E-state index contributed by atoms with van der Waals surface area (Å²) in [7, 11) is 0. The monoisotopic (exact) mass is 113 g/mol. The summed E-state index contributed by atoms with van der Waals surface area (Å²) in [6, 6.07) is 0.616. The Hall–Kier alpha value is -0.330. The van der Waals surface area contributed by atoms with Crippen molar-refractivity contribution in [3.63, 3.8) is 0 Å². The van der Waals surface area contributed by atoms with Crippen molar-refractivity contribution in [3.05, 3.63) is 0 Å². The first kappa shape index (κ1) is 7.67. The third-order valence-corrected chi connectivity index (χ3v) is 1.07. The molecule has 0 fully saturated rings. The average molecular weight is 113 g/mol. The van der Waals surface area contributed by atoms with Gasteiger partial charge in [0.1, 0.15) is 0 Å². The van der Waals surface area contributed by atoms with Gasteiger partial charge >= 0.3 is 0 Å². The zero-order chi connectivity index (χ0) is 6.41. The van der Waals surface area contributed by atoms with E-state index in [-0.39, 0.29) is 0 Å². The molecule has 0 saturated carbocycles. The molecule has 0 aromatic carbocycles. The van der Waals surface area contributed by atoms with Crippen molar-refractivity contribution in [3.8, 4) is 0 Å². The van der Waals surface area contributed by atoms with Crippen LogP contribution < -0.4 is 0 Å². The summed E-state index contributed by atoms with van der Waals surface area (Å²) in [5.74, 6) is 0. The number of rotatable bonds is 0. The van der Waals surface area contributed by atoms with Crippen molar-refractivity contribution in [2.75, 3.05) is 0 Å². The number of hydrogen-bond donors (Lipinski definition) is 0. The van der Waals surface area contributed by atoms with Crippen LogP contribution in [0, 0.1) is 0 Å². The maximum Gasteiger partial charge on any atom is 0.0471 e. The van der Waals surface area contributed by atoms with Gasteiger partial charge in [0.2, 0.25) is 0 Å². The Morgan fingerprint density at radius 3 is 2.25 bits per heavy atom. The van der Waals surface area contributed by atoms with Crippen molar-refractivity contribution in [2.24, 2.45) is 4.99 Å². The third-order valence-electron chi connectivity index (χ3n) is 1.07. The maximum absolute atomic E-state index is 4.11. The Kier molecular flexibility index (Phi) is 4.62. The Bertz CT molecular complexity index is 66.8. The van der Waals surface area contributed by atoms with Crippen LogP contribution in [0.4, 0.5) is 0 Å². The Labute approximate surface area is 51.8 Å². The van der Waals surface area contributed by atoms with Gasteiger partial charge in [0.15, 0.2) is 0 Å². The molecular formula is C7H15N. The second kappa shape index (κ2) is 4.82. The first-order chi connectivity index (χ1) is 3.89. The molecule has 1 unspecified atom stereocenters. The standard InChI is InChI=1S/C5H9N.C2H6/c1-5-3-2-4-6-5;1-2/h4-5H,2-3H2,1H3;1-2H3. The van der Waals surface area contributed by atoms with E-state index in [0.717, 1.165) is 0 Å². The minimum Gasteiger partial charge on any atom is -0.294 e. The van der Waals surface area contributed by atoms with Gasteiger partial charge in [-0.25, -0.2) is 0 Å². The molecule has 1 heterocycles. The van der Waals surface area contributed by atoms with Crippen LogP contribution in [-0.2, 0) is 0 Å². The quantitative estimate of drug-likeness (QED) is 0.457. The summed E-state index contributed by atoms with van der Waals surface area (Å²) in [6.07, 6.45) is 4.46. The fourth-order valence-corrected chi connectivity index (χ4v) is 0.645. The highest BCUT2D eigenvalue weighted by molar-refractivity contribution is 5.59. The topological polar surface area (TPSA) is 12.4 Å². The van der Waals surface area contributed by atoms with Gasteiger partial charge in [-0.2, -0.15) is 0 Å². The van der Waals surface area contributed by atoms with Crippen LogP contribution in [0.15, 0.2) is 4.99 Å². The van der Waals surface area contributed by atoms with Crippen LogP contribution in [0.2, 0.25) is 0 Å². The first-order valence-electron chi connectivity index (χ1n) is 3.41. The molecule has 0 bridgehead atoms. The molecule has 0 radical (unpaired) electrons. The van der Waals surface area contributed by atoms with Crippen molar-refractivity contribution >= 4 is 6.21 Å². The third kappa shape index (κ3) is 2.78. The molecule has 48 valence electrons. The van der Waals surface area contributed by atoms with E-state index in [0.29, 0.717) is 6.04 Å². The lowest BCUT2D eigenvalue weighted by atomic mass is 10.2. The lowest BCUT2D eigenvalue weighted by Gasteiger charge is -1.88. The smallest absolute Gasteiger partial charge is 0.0471 e. The molecule has 0 saturated heterocycles. The molecule has 1 heteroatoms. The zero-order valence-electron chi connectivity index (χ0n) is 6.02. The lowest BCUT2D eigenvalue weighted by molar-refractivity contribution is 0.739. The minimum atomic E-state index is 0.616. The van der Waals surface area contributed by atoms with Gasteiger partial charge in [-0.3, -0.25) is 4.99 Å². The van der Waals surface area contributed by atoms with E-state index in [1.807, 2.05) is 20.1 Å². The molecule has 0 aliphatic carbocycles. The van der Waals surface area contributed by atoms with E-state index < -0.39 is 0 Å². The van der Waals surface area contributed by atoms with Crippen LogP contribution in [0.5, 0.6) is 0 Å². The molecule has 0 spiro atoms. The summed E-state index contributed by atoms with van der Waals surface area (Å²) in [4.78, 5) is 4.11. The van der Waals surface area contributed by atoms with Crippen LogP contribution in [0.25, 0.3) is 0 Å². The van der Waals surface area contributed by atoms with Crippen molar-refractivity contribution < 1.29 is 0 Å². The normalized spacial score (nSPS) is 24.6. The molecule has 8 heavy (non-hydrogen) atoms. The molecule has 0 amide bonds. The molecule has 0 aromatic rings. The molecule has 1 aliphatic rings. The summed E-state index contributed by atoms with van der Waals surface area (Å²) in [5.41, 5.74) is 0. The highest BCUT2D eigenvalue weighted by Crippen LogP contribution is 2.04. The first-order valence-corrected chi connectivity index (χ1v) is 3.41.